The van der Waals surface area contributed by atoms with Gasteiger partial charge >= 0.3 is 6.09 Å². The number of carbonyl (C=O) groups excluding carboxylic acids is 3. The summed E-state index contributed by atoms with van der Waals surface area (Å²) in [5.74, 6) is -0.905. The molecule has 3 rings (SSSR count). The molecular formula is C25H36N4O6S. The second-order valence-corrected chi connectivity index (χ2v) is 12.1. The van der Waals surface area contributed by atoms with Crippen molar-refractivity contribution in [1.29, 1.82) is 0 Å². The summed E-state index contributed by atoms with van der Waals surface area (Å²) >= 11 is 0. The van der Waals surface area contributed by atoms with E-state index in [1.165, 1.54) is 24.5 Å². The fourth-order valence-electron chi connectivity index (χ4n) is 4.26. The quantitative estimate of drug-likeness (QED) is 0.638. The molecule has 1 aromatic carbocycles. The maximum atomic E-state index is 13.3. The average molecular weight is 521 g/mol. The largest absolute Gasteiger partial charge is 0.444 e. The zero-order valence-corrected chi connectivity index (χ0v) is 22.4. The number of benzene rings is 1. The minimum Gasteiger partial charge on any atom is -0.444 e. The summed E-state index contributed by atoms with van der Waals surface area (Å²) < 4.78 is 33.0. The van der Waals surface area contributed by atoms with Gasteiger partial charge in [-0.2, -0.15) is 0 Å². The summed E-state index contributed by atoms with van der Waals surface area (Å²) in [6, 6.07) is 4.98. The Bertz CT molecular complexity index is 1110. The Balaban J connectivity index is 1.69. The van der Waals surface area contributed by atoms with E-state index in [0.717, 1.165) is 9.87 Å². The first-order valence-corrected chi connectivity index (χ1v) is 13.5. The van der Waals surface area contributed by atoms with Gasteiger partial charge in [-0.15, -0.1) is 0 Å². The van der Waals surface area contributed by atoms with Crippen LogP contribution in [0.3, 0.4) is 0 Å². The molecule has 198 valence electrons. The van der Waals surface area contributed by atoms with Gasteiger partial charge < -0.3 is 19.9 Å². The number of hydrogen-bond donors (Lipinski definition) is 1. The lowest BCUT2D eigenvalue weighted by atomic mass is 10.1. The highest BCUT2D eigenvalue weighted by molar-refractivity contribution is 7.89. The van der Waals surface area contributed by atoms with Crippen LogP contribution < -0.4 is 5.32 Å². The molecule has 1 N–H and O–H groups in total. The van der Waals surface area contributed by atoms with Crippen LogP contribution in [0.4, 0.5) is 4.79 Å². The van der Waals surface area contributed by atoms with Gasteiger partial charge in [0.05, 0.1) is 11.3 Å². The predicted octanol–water partition coefficient (Wildman–Crippen LogP) is 2.59. The van der Waals surface area contributed by atoms with Crippen molar-refractivity contribution in [3.8, 4) is 0 Å². The average Bonchev–Trinajstić information content (AvgIpc) is 3.05. The maximum Gasteiger partial charge on any atom is 0.410 e. The topological polar surface area (TPSA) is 116 Å². The van der Waals surface area contributed by atoms with E-state index in [-0.39, 0.29) is 29.4 Å². The Morgan fingerprint density at radius 2 is 1.81 bits per heavy atom. The molecule has 0 saturated carbocycles. The van der Waals surface area contributed by atoms with E-state index in [1.807, 2.05) is 27.7 Å². The summed E-state index contributed by atoms with van der Waals surface area (Å²) in [4.78, 5) is 41.6. The van der Waals surface area contributed by atoms with E-state index < -0.39 is 27.6 Å². The molecule has 10 nitrogen and oxygen atoms in total. The highest BCUT2D eigenvalue weighted by Gasteiger charge is 2.38. The van der Waals surface area contributed by atoms with Crippen molar-refractivity contribution in [3.05, 3.63) is 42.2 Å². The first-order valence-electron chi connectivity index (χ1n) is 12.1. The van der Waals surface area contributed by atoms with E-state index in [2.05, 4.69) is 5.32 Å². The lowest BCUT2D eigenvalue weighted by Crippen LogP contribution is -2.51. The standard InChI is InChI=1S/C25H36N4O6S/c1-18-8-10-20(11-9-18)36(33,34)29-16-13-26-23(31)21(29)17-22(30)27(5)19-7-6-14-28(15-12-19)24(32)35-25(2,3)4/h8-11,13,16,19,21H,6-7,12,14-15,17H2,1-5H3,(H,26,31)/t19?,21-/m1/s1. The van der Waals surface area contributed by atoms with Gasteiger partial charge in [0, 0.05) is 38.6 Å². The van der Waals surface area contributed by atoms with Crippen molar-refractivity contribution in [2.24, 2.45) is 0 Å². The first kappa shape index (κ1) is 27.5. The second kappa shape index (κ2) is 10.9. The molecule has 11 heteroatoms. The van der Waals surface area contributed by atoms with Gasteiger partial charge in [0.2, 0.25) is 11.8 Å². The van der Waals surface area contributed by atoms with E-state index in [1.54, 1.807) is 29.0 Å². The number of likely N-dealkylation sites (tertiary alicyclic amines) is 1. The van der Waals surface area contributed by atoms with Crippen molar-refractivity contribution in [2.75, 3.05) is 20.1 Å². The summed E-state index contributed by atoms with van der Waals surface area (Å²) in [7, 11) is -2.38. The fourth-order valence-corrected chi connectivity index (χ4v) is 5.71. The minimum atomic E-state index is -4.04. The van der Waals surface area contributed by atoms with Crippen LogP contribution >= 0.6 is 0 Å². The van der Waals surface area contributed by atoms with Gasteiger partial charge in [-0.1, -0.05) is 17.7 Å². The molecule has 36 heavy (non-hydrogen) atoms. The molecular weight excluding hydrogens is 484 g/mol. The number of rotatable bonds is 5. The Labute approximate surface area is 213 Å². The molecule has 1 unspecified atom stereocenters. The smallest absolute Gasteiger partial charge is 0.410 e. The van der Waals surface area contributed by atoms with Crippen LogP contribution in [0.1, 0.15) is 52.0 Å². The Morgan fingerprint density at radius 3 is 2.44 bits per heavy atom. The molecule has 0 aromatic heterocycles. The fraction of sp³-hybridized carbons (Fsp3) is 0.560. The van der Waals surface area contributed by atoms with Crippen molar-refractivity contribution < 1.29 is 27.5 Å². The molecule has 2 aliphatic rings. The van der Waals surface area contributed by atoms with E-state index in [9.17, 15) is 22.8 Å². The number of nitrogens with one attached hydrogen (secondary N) is 1. The van der Waals surface area contributed by atoms with Crippen LogP contribution in [0.15, 0.2) is 41.6 Å². The summed E-state index contributed by atoms with van der Waals surface area (Å²) in [5.41, 5.74) is 0.317. The summed E-state index contributed by atoms with van der Waals surface area (Å²) in [6.07, 6.45) is 3.80. The third kappa shape index (κ3) is 6.57. The Kier molecular flexibility index (Phi) is 8.33. The van der Waals surface area contributed by atoms with Gasteiger partial charge in [0.25, 0.3) is 10.0 Å². The summed E-state index contributed by atoms with van der Waals surface area (Å²) in [6.45, 7) is 8.27. The van der Waals surface area contributed by atoms with Crippen molar-refractivity contribution in [1.82, 2.24) is 19.4 Å². The van der Waals surface area contributed by atoms with Crippen LogP contribution in [0.5, 0.6) is 0 Å². The van der Waals surface area contributed by atoms with Crippen LogP contribution in [0.25, 0.3) is 0 Å². The van der Waals surface area contributed by atoms with Gasteiger partial charge in [-0.25, -0.2) is 13.2 Å². The molecule has 2 aliphatic heterocycles. The van der Waals surface area contributed by atoms with Crippen molar-refractivity contribution in [2.45, 2.75) is 76.0 Å². The molecule has 0 bridgehead atoms. The third-order valence-corrected chi connectivity index (χ3v) is 8.11. The molecule has 0 radical (unpaired) electrons. The van der Waals surface area contributed by atoms with E-state index in [0.29, 0.717) is 32.4 Å². The number of aryl methyl sites for hydroxylation is 1. The van der Waals surface area contributed by atoms with Crippen molar-refractivity contribution in [3.63, 3.8) is 0 Å². The maximum absolute atomic E-state index is 13.3. The predicted molar refractivity (Wildman–Crippen MR) is 134 cm³/mol. The number of ether oxygens (including phenoxy) is 1. The van der Waals surface area contributed by atoms with Gasteiger partial charge in [-0.3, -0.25) is 13.9 Å². The normalized spacial score (nSPS) is 21.0. The van der Waals surface area contributed by atoms with Crippen LogP contribution in [-0.4, -0.2) is 78.3 Å². The number of amides is 3. The first-order chi connectivity index (χ1) is 16.8. The van der Waals surface area contributed by atoms with Gasteiger partial charge in [0.15, 0.2) is 0 Å². The minimum absolute atomic E-state index is 0.0456. The second-order valence-electron chi connectivity index (χ2n) is 10.2. The lowest BCUT2D eigenvalue weighted by Gasteiger charge is -2.33. The molecule has 0 spiro atoms. The molecule has 0 aliphatic carbocycles. The molecule has 1 aromatic rings. The highest BCUT2D eigenvalue weighted by Crippen LogP contribution is 2.25. The van der Waals surface area contributed by atoms with Crippen molar-refractivity contribution >= 4 is 27.9 Å². The third-order valence-electron chi connectivity index (χ3n) is 6.31. The lowest BCUT2D eigenvalue weighted by molar-refractivity contribution is -0.136. The number of nitrogens with zero attached hydrogens (tertiary/aromatic N) is 3. The Morgan fingerprint density at radius 1 is 1.14 bits per heavy atom. The Hall–Kier alpha value is -3.08. The molecule has 1 saturated heterocycles. The number of sulfonamides is 1. The summed E-state index contributed by atoms with van der Waals surface area (Å²) in [5, 5.41) is 2.51. The zero-order valence-electron chi connectivity index (χ0n) is 21.6. The van der Waals surface area contributed by atoms with Crippen LogP contribution in [0, 0.1) is 6.92 Å². The zero-order chi connectivity index (χ0) is 26.7. The van der Waals surface area contributed by atoms with E-state index in [4.69, 9.17) is 4.74 Å². The SMILES string of the molecule is Cc1ccc(S(=O)(=O)N2C=CNC(=O)[C@H]2CC(=O)N(C)C2CCCN(C(=O)OC(C)(C)C)CC2)cc1. The van der Waals surface area contributed by atoms with Crippen LogP contribution in [0.2, 0.25) is 0 Å². The molecule has 3 amide bonds. The molecule has 2 atom stereocenters. The monoisotopic (exact) mass is 520 g/mol. The molecule has 2 heterocycles. The molecule has 1 fully saturated rings. The van der Waals surface area contributed by atoms with Gasteiger partial charge in [0.1, 0.15) is 11.6 Å². The van der Waals surface area contributed by atoms with Gasteiger partial charge in [-0.05, 0) is 59.1 Å². The number of hydrogen-bond acceptors (Lipinski definition) is 6. The highest BCUT2D eigenvalue weighted by atomic mass is 32.2. The van der Waals surface area contributed by atoms with E-state index >= 15 is 0 Å². The number of carbonyl (C=O) groups is 3. The van der Waals surface area contributed by atoms with Crippen LogP contribution in [-0.2, 0) is 24.3 Å².